The van der Waals surface area contributed by atoms with Crippen LogP contribution in [-0.2, 0) is 14.3 Å². The third-order valence-corrected chi connectivity index (χ3v) is 4.48. The van der Waals surface area contributed by atoms with Gasteiger partial charge in [0.25, 0.3) is 0 Å². The van der Waals surface area contributed by atoms with E-state index in [0.717, 1.165) is 17.7 Å². The second kappa shape index (κ2) is 8.08. The standard InChI is InChI=1S/C16H21NO3S/c1-2-20-16(19)14-10-6-7-11-17(14)15(18)12-21-13-8-4-3-5-9-13/h3-5,8-9,14H,2,6-7,10-12H2,1H3/t14-/m1/s1. The smallest absolute Gasteiger partial charge is 0.328 e. The largest absolute Gasteiger partial charge is 0.464 e. The van der Waals surface area contributed by atoms with Crippen molar-refractivity contribution in [2.45, 2.75) is 37.1 Å². The van der Waals surface area contributed by atoms with Crippen molar-refractivity contribution in [3.8, 4) is 0 Å². The lowest BCUT2D eigenvalue weighted by atomic mass is 10.0. The Balaban J connectivity index is 1.93. The average molecular weight is 307 g/mol. The highest BCUT2D eigenvalue weighted by atomic mass is 32.2. The van der Waals surface area contributed by atoms with Gasteiger partial charge in [0.05, 0.1) is 12.4 Å². The molecule has 1 amide bonds. The normalized spacial score (nSPS) is 18.3. The highest BCUT2D eigenvalue weighted by Crippen LogP contribution is 2.22. The Bertz CT molecular complexity index is 478. The van der Waals surface area contributed by atoms with Crippen LogP contribution in [0.3, 0.4) is 0 Å². The molecule has 2 rings (SSSR count). The van der Waals surface area contributed by atoms with E-state index >= 15 is 0 Å². The van der Waals surface area contributed by atoms with Crippen molar-refractivity contribution in [2.75, 3.05) is 18.9 Å². The first-order chi connectivity index (χ1) is 10.2. The van der Waals surface area contributed by atoms with E-state index in [9.17, 15) is 9.59 Å². The summed E-state index contributed by atoms with van der Waals surface area (Å²) in [5, 5.41) is 0. The number of ether oxygens (including phenoxy) is 1. The summed E-state index contributed by atoms with van der Waals surface area (Å²) in [6.45, 7) is 2.80. The summed E-state index contributed by atoms with van der Waals surface area (Å²) >= 11 is 1.51. The molecule has 1 aliphatic heterocycles. The fourth-order valence-corrected chi connectivity index (χ4v) is 3.26. The molecule has 21 heavy (non-hydrogen) atoms. The van der Waals surface area contributed by atoms with Gasteiger partial charge in [0.2, 0.25) is 5.91 Å². The molecule has 1 fully saturated rings. The first-order valence-electron chi connectivity index (χ1n) is 7.36. The van der Waals surface area contributed by atoms with Gasteiger partial charge in [-0.3, -0.25) is 4.79 Å². The van der Waals surface area contributed by atoms with Crippen molar-refractivity contribution >= 4 is 23.6 Å². The number of rotatable bonds is 5. The van der Waals surface area contributed by atoms with Crippen LogP contribution in [-0.4, -0.2) is 41.7 Å². The monoisotopic (exact) mass is 307 g/mol. The zero-order chi connectivity index (χ0) is 15.1. The van der Waals surface area contributed by atoms with E-state index in [1.165, 1.54) is 11.8 Å². The molecule has 5 heteroatoms. The third kappa shape index (κ3) is 4.49. The predicted molar refractivity (Wildman–Crippen MR) is 83.2 cm³/mol. The minimum Gasteiger partial charge on any atom is -0.464 e. The quantitative estimate of drug-likeness (QED) is 0.620. The van der Waals surface area contributed by atoms with Gasteiger partial charge >= 0.3 is 5.97 Å². The second-order valence-corrected chi connectivity index (χ2v) is 6.00. The number of hydrogen-bond acceptors (Lipinski definition) is 4. The Kier molecular flexibility index (Phi) is 6.11. The molecular weight excluding hydrogens is 286 g/mol. The molecule has 1 aromatic carbocycles. The van der Waals surface area contributed by atoms with E-state index in [0.29, 0.717) is 25.3 Å². The molecule has 1 saturated heterocycles. The second-order valence-electron chi connectivity index (χ2n) is 4.95. The van der Waals surface area contributed by atoms with Crippen molar-refractivity contribution in [2.24, 2.45) is 0 Å². The van der Waals surface area contributed by atoms with Crippen molar-refractivity contribution in [1.82, 2.24) is 4.90 Å². The number of amides is 1. The lowest BCUT2D eigenvalue weighted by Gasteiger charge is -2.34. The van der Waals surface area contributed by atoms with Crippen LogP contribution < -0.4 is 0 Å². The molecule has 0 spiro atoms. The zero-order valence-corrected chi connectivity index (χ0v) is 13.1. The number of likely N-dealkylation sites (tertiary alicyclic amines) is 1. The van der Waals surface area contributed by atoms with E-state index in [-0.39, 0.29) is 11.9 Å². The molecule has 1 heterocycles. The van der Waals surface area contributed by atoms with E-state index in [1.54, 1.807) is 11.8 Å². The molecule has 0 unspecified atom stereocenters. The maximum atomic E-state index is 12.4. The van der Waals surface area contributed by atoms with Crippen LogP contribution in [0.1, 0.15) is 26.2 Å². The van der Waals surface area contributed by atoms with E-state index in [2.05, 4.69) is 0 Å². The van der Waals surface area contributed by atoms with Crippen molar-refractivity contribution in [1.29, 1.82) is 0 Å². The molecule has 0 aliphatic carbocycles. The van der Waals surface area contributed by atoms with E-state index < -0.39 is 6.04 Å². The highest BCUT2D eigenvalue weighted by molar-refractivity contribution is 8.00. The summed E-state index contributed by atoms with van der Waals surface area (Å²) in [5.41, 5.74) is 0. The molecule has 0 radical (unpaired) electrons. The Morgan fingerprint density at radius 2 is 2.05 bits per heavy atom. The van der Waals surface area contributed by atoms with Crippen molar-refractivity contribution in [3.05, 3.63) is 30.3 Å². The number of esters is 1. The first kappa shape index (κ1) is 15.9. The summed E-state index contributed by atoms with van der Waals surface area (Å²) in [5.74, 6) is 0.108. The van der Waals surface area contributed by atoms with Crippen LogP contribution in [0.4, 0.5) is 0 Å². The molecule has 114 valence electrons. The minimum absolute atomic E-state index is 0.0154. The number of nitrogens with zero attached hydrogens (tertiary/aromatic N) is 1. The Morgan fingerprint density at radius 3 is 2.76 bits per heavy atom. The topological polar surface area (TPSA) is 46.6 Å². The van der Waals surface area contributed by atoms with Gasteiger partial charge in [-0.15, -0.1) is 11.8 Å². The SMILES string of the molecule is CCOC(=O)[C@H]1CCCCN1C(=O)CSc1ccccc1. The van der Waals surface area contributed by atoms with Gasteiger partial charge in [0.1, 0.15) is 6.04 Å². The van der Waals surface area contributed by atoms with Gasteiger partial charge in [0, 0.05) is 11.4 Å². The van der Waals surface area contributed by atoms with Crippen molar-refractivity contribution in [3.63, 3.8) is 0 Å². The van der Waals surface area contributed by atoms with Crippen LogP contribution in [0.2, 0.25) is 0 Å². The molecule has 4 nitrogen and oxygen atoms in total. The molecule has 1 atom stereocenters. The van der Waals surface area contributed by atoms with Gasteiger partial charge in [-0.25, -0.2) is 4.79 Å². The van der Waals surface area contributed by atoms with E-state index in [4.69, 9.17) is 4.74 Å². The number of thioether (sulfide) groups is 1. The van der Waals surface area contributed by atoms with Crippen molar-refractivity contribution < 1.29 is 14.3 Å². The number of piperidine rings is 1. The Morgan fingerprint density at radius 1 is 1.29 bits per heavy atom. The lowest BCUT2D eigenvalue weighted by molar-refractivity contribution is -0.155. The van der Waals surface area contributed by atoms with Gasteiger partial charge in [0.15, 0.2) is 0 Å². The summed E-state index contributed by atoms with van der Waals surface area (Å²) in [6.07, 6.45) is 2.64. The van der Waals surface area contributed by atoms with Crippen LogP contribution in [0.5, 0.6) is 0 Å². The molecule has 0 N–H and O–H groups in total. The van der Waals surface area contributed by atoms with Gasteiger partial charge in [-0.2, -0.15) is 0 Å². The van der Waals surface area contributed by atoms with Crippen LogP contribution >= 0.6 is 11.8 Å². The van der Waals surface area contributed by atoms with Crippen LogP contribution in [0.15, 0.2) is 35.2 Å². The van der Waals surface area contributed by atoms with Gasteiger partial charge in [-0.05, 0) is 38.3 Å². The van der Waals surface area contributed by atoms with E-state index in [1.807, 2.05) is 30.3 Å². The average Bonchev–Trinajstić information content (AvgIpc) is 2.54. The number of carbonyl (C=O) groups excluding carboxylic acids is 2. The summed E-state index contributed by atoms with van der Waals surface area (Å²) < 4.78 is 5.08. The fourth-order valence-electron chi connectivity index (χ4n) is 2.46. The van der Waals surface area contributed by atoms with Crippen LogP contribution in [0, 0.1) is 0 Å². The zero-order valence-electron chi connectivity index (χ0n) is 12.3. The third-order valence-electron chi connectivity index (χ3n) is 3.49. The van der Waals surface area contributed by atoms with Gasteiger partial charge < -0.3 is 9.64 Å². The maximum absolute atomic E-state index is 12.4. The molecule has 0 aromatic heterocycles. The maximum Gasteiger partial charge on any atom is 0.328 e. The Labute approximate surface area is 129 Å². The number of carbonyl (C=O) groups is 2. The minimum atomic E-state index is -0.400. The highest BCUT2D eigenvalue weighted by Gasteiger charge is 2.32. The number of hydrogen-bond donors (Lipinski definition) is 0. The number of benzene rings is 1. The van der Waals surface area contributed by atoms with Crippen LogP contribution in [0.25, 0.3) is 0 Å². The molecule has 1 aliphatic rings. The lowest BCUT2D eigenvalue weighted by Crippen LogP contribution is -2.49. The molecule has 1 aromatic rings. The molecule has 0 bridgehead atoms. The summed E-state index contributed by atoms with van der Waals surface area (Å²) in [7, 11) is 0. The Hall–Kier alpha value is -1.49. The molecular formula is C16H21NO3S. The first-order valence-corrected chi connectivity index (χ1v) is 8.35. The summed E-state index contributed by atoms with van der Waals surface area (Å²) in [4.78, 5) is 27.1. The van der Waals surface area contributed by atoms with Gasteiger partial charge in [-0.1, -0.05) is 18.2 Å². The fraction of sp³-hybridized carbons (Fsp3) is 0.500. The molecule has 0 saturated carbocycles. The summed E-state index contributed by atoms with van der Waals surface area (Å²) in [6, 6.07) is 9.42. The predicted octanol–water partition coefficient (Wildman–Crippen LogP) is 2.72.